The van der Waals surface area contributed by atoms with Gasteiger partial charge in [-0.1, -0.05) is 18.2 Å². The number of nitrogens with zero attached hydrogens (tertiary/aromatic N) is 2. The molecule has 2 saturated heterocycles. The molecule has 0 saturated carbocycles. The zero-order chi connectivity index (χ0) is 19.1. The zero-order valence-electron chi connectivity index (χ0n) is 17.4. The average molecular weight is 452 g/mol. The van der Waals surface area contributed by atoms with E-state index in [9.17, 15) is 4.79 Å². The number of halogens is 2. The van der Waals surface area contributed by atoms with Crippen LogP contribution in [0.1, 0.15) is 47.9 Å². The fourth-order valence-corrected chi connectivity index (χ4v) is 5.25. The molecule has 1 N–H and O–H groups in total. The van der Waals surface area contributed by atoms with E-state index < -0.39 is 0 Å². The summed E-state index contributed by atoms with van der Waals surface area (Å²) in [6, 6.07) is 11.0. The molecule has 4 heterocycles. The highest BCUT2D eigenvalue weighted by atomic mass is 35.5. The number of rotatable bonds is 3. The number of hydrogen-bond acceptors (Lipinski definition) is 4. The van der Waals surface area contributed by atoms with Crippen LogP contribution >= 0.6 is 24.8 Å². The number of fused-ring (bicyclic) bond motifs is 1. The van der Waals surface area contributed by atoms with Gasteiger partial charge in [0.2, 0.25) is 0 Å². The molecule has 7 heteroatoms. The Kier molecular flexibility index (Phi) is 7.05. The summed E-state index contributed by atoms with van der Waals surface area (Å²) in [5.41, 5.74) is 4.08. The summed E-state index contributed by atoms with van der Waals surface area (Å²) >= 11 is 0. The minimum atomic E-state index is 0. The van der Waals surface area contributed by atoms with Crippen LogP contribution in [-0.4, -0.2) is 43.0 Å². The number of likely N-dealkylation sites (tertiary alicyclic amines) is 1. The van der Waals surface area contributed by atoms with Gasteiger partial charge in [0.1, 0.15) is 0 Å². The second-order valence-electron chi connectivity index (χ2n) is 8.80. The zero-order valence-corrected chi connectivity index (χ0v) is 19.1. The van der Waals surface area contributed by atoms with Gasteiger partial charge in [0.15, 0.2) is 5.76 Å². The van der Waals surface area contributed by atoms with Crippen LogP contribution in [0.2, 0.25) is 0 Å². The third-order valence-electron chi connectivity index (χ3n) is 7.07. The van der Waals surface area contributed by atoms with Gasteiger partial charge in [-0.15, -0.1) is 24.8 Å². The summed E-state index contributed by atoms with van der Waals surface area (Å²) < 4.78 is 5.70. The predicted molar refractivity (Wildman–Crippen MR) is 124 cm³/mol. The third kappa shape index (κ3) is 4.08. The number of furan rings is 1. The number of para-hydroxylation sites is 1. The van der Waals surface area contributed by atoms with Crippen molar-refractivity contribution in [1.29, 1.82) is 0 Å². The van der Waals surface area contributed by atoms with Gasteiger partial charge in [-0.3, -0.25) is 4.79 Å². The highest BCUT2D eigenvalue weighted by molar-refractivity contribution is 5.93. The van der Waals surface area contributed by atoms with E-state index in [0.29, 0.717) is 17.2 Å². The number of benzene rings is 1. The Morgan fingerprint density at radius 1 is 1.17 bits per heavy atom. The molecule has 1 aromatic carbocycles. The van der Waals surface area contributed by atoms with Gasteiger partial charge in [0, 0.05) is 43.5 Å². The van der Waals surface area contributed by atoms with Crippen molar-refractivity contribution in [2.24, 2.45) is 5.41 Å². The summed E-state index contributed by atoms with van der Waals surface area (Å²) in [5.74, 6) is 0.581. The molecule has 5 rings (SSSR count). The van der Waals surface area contributed by atoms with E-state index in [1.807, 2.05) is 11.0 Å². The van der Waals surface area contributed by atoms with E-state index in [1.165, 1.54) is 17.7 Å². The predicted octanol–water partition coefficient (Wildman–Crippen LogP) is 4.29. The standard InChI is InChI=1S/C23H29N3O2.2ClH/c1-17-14-18-4-2-3-5-20(18)26(17)15-19-6-13-28-21(19)22(27)25-11-8-23(9-12-25)7-10-24-16-23;;/h2-6,13,17,24H,7-12,14-16H2,1H3;2*1H. The lowest BCUT2D eigenvalue weighted by atomic mass is 9.78. The molecule has 3 aliphatic rings. The summed E-state index contributed by atoms with van der Waals surface area (Å²) in [6.45, 7) is 6.87. The SMILES string of the molecule is CC1Cc2ccccc2N1Cc1ccoc1C(=O)N1CCC2(CCNC2)CC1.Cl.Cl. The first-order valence-corrected chi connectivity index (χ1v) is 10.6. The van der Waals surface area contributed by atoms with Crippen molar-refractivity contribution in [3.8, 4) is 0 Å². The van der Waals surface area contributed by atoms with E-state index in [-0.39, 0.29) is 30.7 Å². The second kappa shape index (κ2) is 9.21. The first kappa shape index (κ1) is 23.0. The number of nitrogens with one attached hydrogen (secondary N) is 1. The number of carbonyl (C=O) groups is 1. The van der Waals surface area contributed by atoms with Crippen molar-refractivity contribution in [2.45, 2.75) is 45.2 Å². The number of amides is 1. The van der Waals surface area contributed by atoms with Crippen molar-refractivity contribution in [3.05, 3.63) is 53.5 Å². The molecule has 3 aliphatic heterocycles. The molecule has 0 bridgehead atoms. The average Bonchev–Trinajstić information content (AvgIpc) is 3.43. The van der Waals surface area contributed by atoms with Crippen LogP contribution in [0.4, 0.5) is 5.69 Å². The Bertz CT molecular complexity index is 869. The van der Waals surface area contributed by atoms with E-state index in [1.54, 1.807) is 6.26 Å². The Morgan fingerprint density at radius 3 is 2.67 bits per heavy atom. The Balaban J connectivity index is 0.00000128. The van der Waals surface area contributed by atoms with Crippen LogP contribution in [0.25, 0.3) is 0 Å². The van der Waals surface area contributed by atoms with E-state index in [2.05, 4.69) is 41.4 Å². The van der Waals surface area contributed by atoms with E-state index in [4.69, 9.17) is 4.42 Å². The molecule has 30 heavy (non-hydrogen) atoms. The summed E-state index contributed by atoms with van der Waals surface area (Å²) in [5, 5.41) is 3.49. The van der Waals surface area contributed by atoms with Gasteiger partial charge in [-0.05, 0) is 62.3 Å². The molecule has 5 nitrogen and oxygen atoms in total. The fourth-order valence-electron chi connectivity index (χ4n) is 5.25. The molecule has 2 fully saturated rings. The first-order chi connectivity index (χ1) is 13.7. The maximum atomic E-state index is 13.2. The van der Waals surface area contributed by atoms with E-state index >= 15 is 0 Å². The van der Waals surface area contributed by atoms with Crippen LogP contribution in [0.3, 0.4) is 0 Å². The van der Waals surface area contributed by atoms with Gasteiger partial charge in [0.25, 0.3) is 5.91 Å². The van der Waals surface area contributed by atoms with Gasteiger partial charge in [-0.2, -0.15) is 0 Å². The highest BCUT2D eigenvalue weighted by Gasteiger charge is 2.39. The van der Waals surface area contributed by atoms with Crippen molar-refractivity contribution in [3.63, 3.8) is 0 Å². The summed E-state index contributed by atoms with van der Waals surface area (Å²) in [4.78, 5) is 17.6. The minimum Gasteiger partial charge on any atom is -0.459 e. The van der Waals surface area contributed by atoms with Crippen molar-refractivity contribution in [2.75, 3.05) is 31.1 Å². The molecule has 0 aliphatic carbocycles. The van der Waals surface area contributed by atoms with E-state index in [0.717, 1.165) is 57.5 Å². The maximum absolute atomic E-state index is 13.2. The summed E-state index contributed by atoms with van der Waals surface area (Å²) in [7, 11) is 0. The minimum absolute atomic E-state index is 0. The second-order valence-corrected chi connectivity index (χ2v) is 8.80. The molecule has 1 atom stereocenters. The third-order valence-corrected chi connectivity index (χ3v) is 7.07. The Labute approximate surface area is 191 Å². The number of carbonyl (C=O) groups excluding carboxylic acids is 1. The molecule has 0 radical (unpaired) electrons. The van der Waals surface area contributed by atoms with Gasteiger partial charge in [-0.25, -0.2) is 0 Å². The molecule has 164 valence electrons. The fraction of sp³-hybridized carbons (Fsp3) is 0.522. The van der Waals surface area contributed by atoms with Crippen LogP contribution in [0.15, 0.2) is 41.0 Å². The largest absolute Gasteiger partial charge is 0.459 e. The highest BCUT2D eigenvalue weighted by Crippen LogP contribution is 2.38. The smallest absolute Gasteiger partial charge is 0.289 e. The van der Waals surface area contributed by atoms with Gasteiger partial charge in [0.05, 0.1) is 6.26 Å². The normalized spacial score (nSPS) is 21.8. The van der Waals surface area contributed by atoms with Crippen molar-refractivity contribution >= 4 is 36.4 Å². The number of anilines is 1. The molecule has 1 spiro atoms. The van der Waals surface area contributed by atoms with Crippen molar-refractivity contribution in [1.82, 2.24) is 10.2 Å². The maximum Gasteiger partial charge on any atom is 0.289 e. The molecule has 1 aromatic heterocycles. The monoisotopic (exact) mass is 451 g/mol. The van der Waals surface area contributed by atoms with Crippen molar-refractivity contribution < 1.29 is 9.21 Å². The van der Waals surface area contributed by atoms with Crippen LogP contribution in [-0.2, 0) is 13.0 Å². The molecule has 1 amide bonds. The van der Waals surface area contributed by atoms with Gasteiger partial charge >= 0.3 is 0 Å². The first-order valence-electron chi connectivity index (χ1n) is 10.6. The lowest BCUT2D eigenvalue weighted by Gasteiger charge is -2.38. The van der Waals surface area contributed by atoms with Crippen LogP contribution in [0.5, 0.6) is 0 Å². The number of piperidine rings is 1. The quantitative estimate of drug-likeness (QED) is 0.755. The lowest BCUT2D eigenvalue weighted by molar-refractivity contribution is 0.0575. The molecule has 1 unspecified atom stereocenters. The Hall–Kier alpha value is -1.69. The molecular weight excluding hydrogens is 421 g/mol. The topological polar surface area (TPSA) is 48.7 Å². The lowest BCUT2D eigenvalue weighted by Crippen LogP contribution is -2.44. The number of hydrogen-bond donors (Lipinski definition) is 1. The summed E-state index contributed by atoms with van der Waals surface area (Å²) in [6.07, 6.45) is 6.16. The van der Waals surface area contributed by atoms with Gasteiger partial charge < -0.3 is 19.5 Å². The molecular formula is C23H31Cl2N3O2. The van der Waals surface area contributed by atoms with Crippen LogP contribution in [0, 0.1) is 5.41 Å². The Morgan fingerprint density at radius 2 is 1.93 bits per heavy atom. The molecule has 2 aromatic rings. The van der Waals surface area contributed by atoms with Crippen LogP contribution < -0.4 is 10.2 Å².